The fourth-order valence-corrected chi connectivity index (χ4v) is 4.13. The average molecular weight is 351 g/mol. The normalized spacial score (nSPS) is 19.0. The lowest BCUT2D eigenvalue weighted by atomic mass is 9.77. The number of carbonyl (C=O) groups is 1. The molecule has 1 saturated carbocycles. The van der Waals surface area contributed by atoms with Crippen molar-refractivity contribution in [1.82, 2.24) is 5.32 Å². The number of benzene rings is 2. The van der Waals surface area contributed by atoms with Crippen molar-refractivity contribution in [3.8, 4) is 11.5 Å². The highest BCUT2D eigenvalue weighted by atomic mass is 16.6. The van der Waals surface area contributed by atoms with Gasteiger partial charge in [0, 0.05) is 0 Å². The lowest BCUT2D eigenvalue weighted by Crippen LogP contribution is -2.43. The standard InChI is InChI=1S/C22H25NO3/c1-16(17-7-3-2-4-8-17)23-21(24)22(11-5-6-12-22)18-9-10-19-20(15-18)26-14-13-25-19/h2-4,7-10,15-16H,5-6,11-14H2,1H3,(H,23,24). The summed E-state index contributed by atoms with van der Waals surface area (Å²) in [5.41, 5.74) is 1.69. The Morgan fingerprint density at radius 3 is 2.42 bits per heavy atom. The molecule has 0 bridgehead atoms. The summed E-state index contributed by atoms with van der Waals surface area (Å²) in [5, 5.41) is 3.25. The minimum absolute atomic E-state index is 0.0154. The average Bonchev–Trinajstić information content (AvgIpc) is 3.19. The van der Waals surface area contributed by atoms with E-state index in [4.69, 9.17) is 9.47 Å². The van der Waals surface area contributed by atoms with Crippen molar-refractivity contribution >= 4 is 5.91 Å². The zero-order valence-corrected chi connectivity index (χ0v) is 15.2. The Morgan fingerprint density at radius 2 is 1.69 bits per heavy atom. The second kappa shape index (κ2) is 7.02. The van der Waals surface area contributed by atoms with E-state index >= 15 is 0 Å². The predicted octanol–water partition coefficient (Wildman–Crippen LogP) is 4.15. The molecule has 0 aromatic heterocycles. The second-order valence-corrected chi connectivity index (χ2v) is 7.25. The second-order valence-electron chi connectivity index (χ2n) is 7.25. The Bertz CT molecular complexity index is 781. The molecule has 2 aromatic rings. The van der Waals surface area contributed by atoms with Crippen molar-refractivity contribution < 1.29 is 14.3 Å². The van der Waals surface area contributed by atoms with Crippen molar-refractivity contribution in [2.75, 3.05) is 13.2 Å². The highest BCUT2D eigenvalue weighted by Crippen LogP contribution is 2.44. The van der Waals surface area contributed by atoms with Gasteiger partial charge in [-0.25, -0.2) is 0 Å². The number of hydrogen-bond acceptors (Lipinski definition) is 3. The molecule has 2 aromatic carbocycles. The van der Waals surface area contributed by atoms with Crippen LogP contribution in [0.4, 0.5) is 0 Å². The summed E-state index contributed by atoms with van der Waals surface area (Å²) >= 11 is 0. The molecule has 4 rings (SSSR count). The fourth-order valence-electron chi connectivity index (χ4n) is 4.13. The summed E-state index contributed by atoms with van der Waals surface area (Å²) in [4.78, 5) is 13.3. The van der Waals surface area contributed by atoms with E-state index in [0.717, 1.165) is 48.3 Å². The molecule has 1 heterocycles. The predicted molar refractivity (Wildman–Crippen MR) is 101 cm³/mol. The van der Waals surface area contributed by atoms with Crippen LogP contribution in [0.5, 0.6) is 11.5 Å². The number of ether oxygens (including phenoxy) is 2. The van der Waals surface area contributed by atoms with E-state index in [1.54, 1.807) is 0 Å². The fraction of sp³-hybridized carbons (Fsp3) is 0.409. The summed E-state index contributed by atoms with van der Waals surface area (Å²) in [6.07, 6.45) is 3.89. The lowest BCUT2D eigenvalue weighted by molar-refractivity contribution is -0.127. The van der Waals surface area contributed by atoms with E-state index in [1.165, 1.54) is 0 Å². The minimum Gasteiger partial charge on any atom is -0.486 e. The molecule has 1 N–H and O–H groups in total. The maximum absolute atomic E-state index is 13.3. The molecule has 1 aliphatic carbocycles. The Balaban J connectivity index is 1.61. The van der Waals surface area contributed by atoms with Crippen molar-refractivity contribution in [1.29, 1.82) is 0 Å². The molecule has 1 atom stereocenters. The van der Waals surface area contributed by atoms with E-state index in [-0.39, 0.29) is 11.9 Å². The third kappa shape index (κ3) is 3.05. The topological polar surface area (TPSA) is 47.6 Å². The molecule has 0 saturated heterocycles. The Morgan fingerprint density at radius 1 is 1.00 bits per heavy atom. The minimum atomic E-state index is -0.473. The zero-order valence-electron chi connectivity index (χ0n) is 15.2. The molecular weight excluding hydrogens is 326 g/mol. The molecule has 4 nitrogen and oxygen atoms in total. The summed E-state index contributed by atoms with van der Waals surface area (Å²) in [7, 11) is 0. The van der Waals surface area contributed by atoms with Gasteiger partial charge in [-0.15, -0.1) is 0 Å². The molecule has 1 amide bonds. The molecular formula is C22H25NO3. The summed E-state index contributed by atoms with van der Waals surface area (Å²) in [6.45, 7) is 3.17. The highest BCUT2D eigenvalue weighted by Gasteiger charge is 2.43. The van der Waals surface area contributed by atoms with Crippen LogP contribution < -0.4 is 14.8 Å². The molecule has 0 radical (unpaired) electrons. The lowest BCUT2D eigenvalue weighted by Gasteiger charge is -2.31. The van der Waals surface area contributed by atoms with Crippen molar-refractivity contribution in [3.63, 3.8) is 0 Å². The van der Waals surface area contributed by atoms with Gasteiger partial charge in [0.05, 0.1) is 11.5 Å². The van der Waals surface area contributed by atoms with Crippen LogP contribution in [-0.4, -0.2) is 19.1 Å². The zero-order chi connectivity index (χ0) is 18.0. The van der Waals surface area contributed by atoms with Gasteiger partial charge in [-0.3, -0.25) is 4.79 Å². The number of nitrogens with one attached hydrogen (secondary N) is 1. The summed E-state index contributed by atoms with van der Waals surface area (Å²) in [5.74, 6) is 1.64. The molecule has 4 heteroatoms. The first-order chi connectivity index (χ1) is 12.7. The number of carbonyl (C=O) groups excluding carboxylic acids is 1. The van der Waals surface area contributed by atoms with Gasteiger partial charge in [0.1, 0.15) is 13.2 Å². The first-order valence-corrected chi connectivity index (χ1v) is 9.45. The molecule has 0 spiro atoms. The van der Waals surface area contributed by atoms with Crippen LogP contribution in [0.25, 0.3) is 0 Å². The van der Waals surface area contributed by atoms with Crippen LogP contribution in [0.2, 0.25) is 0 Å². The van der Waals surface area contributed by atoms with Crippen LogP contribution >= 0.6 is 0 Å². The van der Waals surface area contributed by atoms with E-state index < -0.39 is 5.41 Å². The summed E-state index contributed by atoms with van der Waals surface area (Å²) in [6, 6.07) is 16.1. The third-order valence-corrected chi connectivity index (χ3v) is 5.63. The molecule has 26 heavy (non-hydrogen) atoms. The van der Waals surface area contributed by atoms with Crippen LogP contribution in [0.1, 0.15) is 49.8 Å². The first-order valence-electron chi connectivity index (χ1n) is 9.45. The maximum atomic E-state index is 13.3. The van der Waals surface area contributed by atoms with Crippen LogP contribution in [0, 0.1) is 0 Å². The van der Waals surface area contributed by atoms with Gasteiger partial charge in [0.25, 0.3) is 0 Å². The first kappa shape index (κ1) is 17.0. The number of fused-ring (bicyclic) bond motifs is 1. The van der Waals surface area contributed by atoms with Crippen molar-refractivity contribution in [2.45, 2.75) is 44.1 Å². The van der Waals surface area contributed by atoms with Crippen LogP contribution in [0.15, 0.2) is 48.5 Å². The Hall–Kier alpha value is -2.49. The van der Waals surface area contributed by atoms with Crippen LogP contribution in [0.3, 0.4) is 0 Å². The Kier molecular flexibility index (Phi) is 4.58. The maximum Gasteiger partial charge on any atom is 0.231 e. The van der Waals surface area contributed by atoms with E-state index in [0.29, 0.717) is 13.2 Å². The number of rotatable bonds is 4. The van der Waals surface area contributed by atoms with E-state index in [2.05, 4.69) is 17.4 Å². The number of amides is 1. The SMILES string of the molecule is CC(NC(=O)C1(c2ccc3c(c2)OCCO3)CCCC1)c1ccccc1. The molecule has 1 fully saturated rings. The van der Waals surface area contributed by atoms with E-state index in [1.807, 2.05) is 43.3 Å². The van der Waals surface area contributed by atoms with Gasteiger partial charge < -0.3 is 14.8 Å². The summed E-state index contributed by atoms with van der Waals surface area (Å²) < 4.78 is 11.4. The van der Waals surface area contributed by atoms with Gasteiger partial charge in [0.15, 0.2) is 11.5 Å². The largest absolute Gasteiger partial charge is 0.486 e. The van der Waals surface area contributed by atoms with Crippen LogP contribution in [-0.2, 0) is 10.2 Å². The highest BCUT2D eigenvalue weighted by molar-refractivity contribution is 5.89. The van der Waals surface area contributed by atoms with Gasteiger partial charge in [0.2, 0.25) is 5.91 Å². The monoisotopic (exact) mass is 351 g/mol. The Labute approximate surface area is 154 Å². The third-order valence-electron chi connectivity index (χ3n) is 5.63. The molecule has 1 unspecified atom stereocenters. The molecule has 1 aliphatic heterocycles. The smallest absolute Gasteiger partial charge is 0.231 e. The van der Waals surface area contributed by atoms with Crippen molar-refractivity contribution in [2.24, 2.45) is 0 Å². The van der Waals surface area contributed by atoms with E-state index in [9.17, 15) is 4.79 Å². The quantitative estimate of drug-likeness (QED) is 0.900. The van der Waals surface area contributed by atoms with Gasteiger partial charge in [-0.05, 0) is 43.0 Å². The van der Waals surface area contributed by atoms with Gasteiger partial charge >= 0.3 is 0 Å². The molecule has 136 valence electrons. The molecule has 2 aliphatic rings. The number of hydrogen-bond donors (Lipinski definition) is 1. The van der Waals surface area contributed by atoms with Gasteiger partial charge in [-0.2, -0.15) is 0 Å². The van der Waals surface area contributed by atoms with Gasteiger partial charge in [-0.1, -0.05) is 49.2 Å². The van der Waals surface area contributed by atoms with Crippen molar-refractivity contribution in [3.05, 3.63) is 59.7 Å².